The summed E-state index contributed by atoms with van der Waals surface area (Å²) in [6.07, 6.45) is 1.51. The van der Waals surface area contributed by atoms with Gasteiger partial charge in [-0.2, -0.15) is 5.10 Å². The summed E-state index contributed by atoms with van der Waals surface area (Å²) in [5, 5.41) is 7.08. The summed E-state index contributed by atoms with van der Waals surface area (Å²) in [4.78, 5) is 23.9. The Balaban J connectivity index is 2.53. The lowest BCUT2D eigenvalue weighted by Gasteiger charge is -2.02. The number of fused-ring (bicyclic) bond motifs is 1. The number of aryl methyl sites for hydroxylation is 1. The Morgan fingerprint density at radius 1 is 1.28 bits per heavy atom. The highest BCUT2D eigenvalue weighted by atomic mass is 16.3. The highest BCUT2D eigenvalue weighted by Crippen LogP contribution is 2.22. The van der Waals surface area contributed by atoms with E-state index in [0.29, 0.717) is 22.5 Å². The van der Waals surface area contributed by atoms with Crippen molar-refractivity contribution in [2.75, 3.05) is 0 Å². The van der Waals surface area contributed by atoms with E-state index in [4.69, 9.17) is 4.42 Å². The van der Waals surface area contributed by atoms with Gasteiger partial charge in [0.15, 0.2) is 11.4 Å². The Labute approximate surface area is 100 Å². The summed E-state index contributed by atoms with van der Waals surface area (Å²) in [5.41, 5.74) is -0.0149. The van der Waals surface area contributed by atoms with Crippen molar-refractivity contribution in [3.63, 3.8) is 0 Å². The van der Waals surface area contributed by atoms with Gasteiger partial charge in [-0.25, -0.2) is 4.79 Å². The maximum absolute atomic E-state index is 12.1. The van der Waals surface area contributed by atoms with E-state index in [1.54, 1.807) is 19.2 Å². The minimum absolute atomic E-state index is 0.314. The van der Waals surface area contributed by atoms with Gasteiger partial charge in [-0.15, -0.1) is 0 Å². The van der Waals surface area contributed by atoms with Crippen molar-refractivity contribution in [1.29, 1.82) is 0 Å². The van der Waals surface area contributed by atoms with Crippen molar-refractivity contribution in [3.05, 3.63) is 39.2 Å². The zero-order chi connectivity index (χ0) is 12.9. The second-order valence-corrected chi connectivity index (χ2v) is 3.98. The normalized spacial score (nSPS) is 11.2. The maximum atomic E-state index is 12.1. The fourth-order valence-electron chi connectivity index (χ4n) is 1.95. The fraction of sp³-hybridized carbons (Fsp3) is 0.182. The SMILES string of the molecule is Cn1c(=O)c2c(-c3ccco3)[nH]nc2n(C)c1=O. The van der Waals surface area contributed by atoms with Crippen LogP contribution < -0.4 is 11.2 Å². The Bertz CT molecular complexity index is 836. The van der Waals surface area contributed by atoms with Crippen molar-refractivity contribution in [2.24, 2.45) is 14.1 Å². The fourth-order valence-corrected chi connectivity index (χ4v) is 1.95. The molecule has 92 valence electrons. The summed E-state index contributed by atoms with van der Waals surface area (Å²) in [5.74, 6) is 0.508. The molecule has 7 heteroatoms. The quantitative estimate of drug-likeness (QED) is 0.665. The molecule has 0 saturated heterocycles. The number of H-pyrrole nitrogens is 1. The second-order valence-electron chi connectivity index (χ2n) is 3.98. The summed E-state index contributed by atoms with van der Waals surface area (Å²) in [6, 6.07) is 3.44. The van der Waals surface area contributed by atoms with Crippen molar-refractivity contribution in [3.8, 4) is 11.5 Å². The monoisotopic (exact) mass is 246 g/mol. The lowest BCUT2D eigenvalue weighted by molar-refractivity contribution is 0.580. The molecule has 0 aromatic carbocycles. The van der Waals surface area contributed by atoms with Crippen LogP contribution >= 0.6 is 0 Å². The third-order valence-electron chi connectivity index (χ3n) is 2.92. The molecule has 0 spiro atoms. The van der Waals surface area contributed by atoms with Gasteiger partial charge < -0.3 is 4.42 Å². The molecule has 3 heterocycles. The second kappa shape index (κ2) is 3.46. The van der Waals surface area contributed by atoms with Crippen LogP contribution in [0.3, 0.4) is 0 Å². The topological polar surface area (TPSA) is 85.8 Å². The van der Waals surface area contributed by atoms with Crippen LogP contribution in [-0.2, 0) is 14.1 Å². The van der Waals surface area contributed by atoms with Crippen LogP contribution in [0.15, 0.2) is 32.4 Å². The number of hydrogen-bond acceptors (Lipinski definition) is 4. The smallest absolute Gasteiger partial charge is 0.332 e. The lowest BCUT2D eigenvalue weighted by Crippen LogP contribution is -2.36. The molecule has 0 fully saturated rings. The maximum Gasteiger partial charge on any atom is 0.332 e. The average Bonchev–Trinajstić information content (AvgIpc) is 3.01. The van der Waals surface area contributed by atoms with Gasteiger partial charge in [0.25, 0.3) is 5.56 Å². The molecule has 3 aromatic rings. The molecule has 0 radical (unpaired) electrons. The standard InChI is InChI=1S/C11H10N4O3/c1-14-9-7(10(16)15(2)11(14)17)8(12-13-9)6-4-3-5-18-6/h3-5H,1-2H3,(H,12,13). The number of nitrogens with one attached hydrogen (secondary N) is 1. The first-order valence-corrected chi connectivity index (χ1v) is 5.29. The van der Waals surface area contributed by atoms with Gasteiger partial charge in [0.2, 0.25) is 0 Å². The number of hydrogen-bond donors (Lipinski definition) is 1. The molecular weight excluding hydrogens is 236 g/mol. The molecule has 0 atom stereocenters. The molecule has 0 bridgehead atoms. The van der Waals surface area contributed by atoms with Crippen LogP contribution in [-0.4, -0.2) is 19.3 Å². The number of furan rings is 1. The lowest BCUT2D eigenvalue weighted by atomic mass is 10.2. The molecule has 18 heavy (non-hydrogen) atoms. The van der Waals surface area contributed by atoms with Crippen LogP contribution in [0.5, 0.6) is 0 Å². The van der Waals surface area contributed by atoms with E-state index in [9.17, 15) is 9.59 Å². The molecule has 0 aliphatic rings. The summed E-state index contributed by atoms with van der Waals surface area (Å²) >= 11 is 0. The van der Waals surface area contributed by atoms with Gasteiger partial charge in [-0.05, 0) is 12.1 Å². The van der Waals surface area contributed by atoms with Crippen molar-refractivity contribution in [2.45, 2.75) is 0 Å². The molecule has 3 aromatic heterocycles. The minimum Gasteiger partial charge on any atom is -0.463 e. The van der Waals surface area contributed by atoms with Gasteiger partial charge >= 0.3 is 5.69 Å². The zero-order valence-corrected chi connectivity index (χ0v) is 9.80. The van der Waals surface area contributed by atoms with E-state index in [1.807, 2.05) is 0 Å². The van der Waals surface area contributed by atoms with E-state index in [2.05, 4.69) is 10.2 Å². The highest BCUT2D eigenvalue weighted by molar-refractivity contribution is 5.88. The molecule has 7 nitrogen and oxygen atoms in total. The van der Waals surface area contributed by atoms with Crippen LogP contribution in [0.4, 0.5) is 0 Å². The molecule has 1 N–H and O–H groups in total. The van der Waals surface area contributed by atoms with E-state index < -0.39 is 11.2 Å². The molecule has 0 unspecified atom stereocenters. The molecule has 3 rings (SSSR count). The van der Waals surface area contributed by atoms with Crippen molar-refractivity contribution >= 4 is 11.0 Å². The largest absolute Gasteiger partial charge is 0.463 e. The first-order valence-electron chi connectivity index (χ1n) is 5.29. The molecule has 0 aliphatic carbocycles. The molecular formula is C11H10N4O3. The molecule has 0 saturated carbocycles. The Hall–Kier alpha value is -2.57. The molecule has 0 aliphatic heterocycles. The van der Waals surface area contributed by atoms with E-state index in [1.165, 1.54) is 17.9 Å². The summed E-state index contributed by atoms with van der Waals surface area (Å²) < 4.78 is 7.61. The minimum atomic E-state index is -0.412. The number of rotatable bonds is 1. The molecule has 0 amide bonds. The number of nitrogens with zero attached hydrogens (tertiary/aromatic N) is 3. The Kier molecular flexibility index (Phi) is 2.03. The van der Waals surface area contributed by atoms with Gasteiger partial charge in [-0.3, -0.25) is 19.0 Å². The average molecular weight is 246 g/mol. The van der Waals surface area contributed by atoms with Crippen LogP contribution in [0.1, 0.15) is 0 Å². The van der Waals surface area contributed by atoms with Gasteiger partial charge in [0.1, 0.15) is 11.1 Å². The summed E-state index contributed by atoms with van der Waals surface area (Å²) in [7, 11) is 3.00. The Morgan fingerprint density at radius 2 is 2.06 bits per heavy atom. The number of aromatic amines is 1. The zero-order valence-electron chi connectivity index (χ0n) is 9.80. The van der Waals surface area contributed by atoms with E-state index >= 15 is 0 Å². The first-order chi connectivity index (χ1) is 8.61. The van der Waals surface area contributed by atoms with Gasteiger partial charge in [0, 0.05) is 14.1 Å². The highest BCUT2D eigenvalue weighted by Gasteiger charge is 2.18. The first kappa shape index (κ1) is 10.6. The van der Waals surface area contributed by atoms with E-state index in [-0.39, 0.29) is 0 Å². The summed E-state index contributed by atoms with van der Waals surface area (Å²) in [6.45, 7) is 0. The third-order valence-corrected chi connectivity index (χ3v) is 2.92. The van der Waals surface area contributed by atoms with E-state index in [0.717, 1.165) is 4.57 Å². The Morgan fingerprint density at radius 3 is 2.72 bits per heavy atom. The number of aromatic nitrogens is 4. The van der Waals surface area contributed by atoms with Crippen LogP contribution in [0.2, 0.25) is 0 Å². The van der Waals surface area contributed by atoms with Crippen LogP contribution in [0.25, 0.3) is 22.5 Å². The van der Waals surface area contributed by atoms with Crippen molar-refractivity contribution in [1.82, 2.24) is 19.3 Å². The predicted octanol–water partition coefficient (Wildman–Crippen LogP) is 0.220. The third kappa shape index (κ3) is 1.21. The predicted molar refractivity (Wildman–Crippen MR) is 64.3 cm³/mol. The van der Waals surface area contributed by atoms with Crippen LogP contribution in [0, 0.1) is 0 Å². The van der Waals surface area contributed by atoms with Gasteiger partial charge in [0.05, 0.1) is 6.26 Å². The van der Waals surface area contributed by atoms with Crippen molar-refractivity contribution < 1.29 is 4.42 Å². The van der Waals surface area contributed by atoms with Gasteiger partial charge in [-0.1, -0.05) is 0 Å².